The molecule has 0 bridgehead atoms. The second-order valence-corrected chi connectivity index (χ2v) is 7.10. The maximum absolute atomic E-state index is 12.5. The first kappa shape index (κ1) is 17.4. The highest BCUT2D eigenvalue weighted by molar-refractivity contribution is 6.03. The van der Waals surface area contributed by atoms with E-state index in [0.29, 0.717) is 36.8 Å². The average Bonchev–Trinajstić information content (AvgIpc) is 3.45. The summed E-state index contributed by atoms with van der Waals surface area (Å²) in [7, 11) is 0. The van der Waals surface area contributed by atoms with Crippen molar-refractivity contribution in [1.82, 2.24) is 0 Å². The Hall–Kier alpha value is -3.02. The van der Waals surface area contributed by atoms with Crippen molar-refractivity contribution in [1.29, 1.82) is 0 Å². The molecule has 4 rings (SSSR count). The Morgan fingerprint density at radius 2 is 1.59 bits per heavy atom. The van der Waals surface area contributed by atoms with Gasteiger partial charge in [-0.1, -0.05) is 17.7 Å². The van der Waals surface area contributed by atoms with E-state index in [9.17, 15) is 9.59 Å². The highest BCUT2D eigenvalue weighted by Gasteiger charge is 2.48. The van der Waals surface area contributed by atoms with Crippen LogP contribution in [0.2, 0.25) is 0 Å². The number of ether oxygens (including phenoxy) is 2. The Morgan fingerprint density at radius 3 is 2.33 bits per heavy atom. The van der Waals surface area contributed by atoms with Gasteiger partial charge in [0.2, 0.25) is 11.8 Å². The van der Waals surface area contributed by atoms with Crippen molar-refractivity contribution in [2.24, 2.45) is 11.8 Å². The molecule has 0 aromatic heterocycles. The number of fused-ring (bicyclic) bond motifs is 1. The molecule has 1 aliphatic heterocycles. The SMILES string of the molecule is Cc1ccc(NC(=O)C2CC2C(=O)Nc2ccc3c(c2)OCCO3)c(C)c1. The topological polar surface area (TPSA) is 76.7 Å². The molecular formula is C21H22N2O4. The van der Waals surface area contributed by atoms with Crippen LogP contribution in [0.25, 0.3) is 0 Å². The summed E-state index contributed by atoms with van der Waals surface area (Å²) in [5.74, 6) is 0.457. The van der Waals surface area contributed by atoms with Crippen molar-refractivity contribution in [2.45, 2.75) is 20.3 Å². The number of hydrogen-bond donors (Lipinski definition) is 2. The quantitative estimate of drug-likeness (QED) is 0.871. The van der Waals surface area contributed by atoms with Crippen LogP contribution in [0.15, 0.2) is 36.4 Å². The summed E-state index contributed by atoms with van der Waals surface area (Å²) in [6.07, 6.45) is 0.563. The molecule has 6 heteroatoms. The summed E-state index contributed by atoms with van der Waals surface area (Å²) in [6, 6.07) is 11.2. The smallest absolute Gasteiger partial charge is 0.228 e. The van der Waals surface area contributed by atoms with Gasteiger partial charge in [-0.2, -0.15) is 0 Å². The zero-order chi connectivity index (χ0) is 19.0. The van der Waals surface area contributed by atoms with E-state index in [1.807, 2.05) is 32.0 Å². The molecule has 1 fully saturated rings. The normalized spacial score (nSPS) is 19.9. The molecule has 2 unspecified atom stereocenters. The predicted molar refractivity (Wildman–Crippen MR) is 102 cm³/mol. The Kier molecular flexibility index (Phi) is 4.48. The molecule has 6 nitrogen and oxygen atoms in total. The fraction of sp³-hybridized carbons (Fsp3) is 0.333. The highest BCUT2D eigenvalue weighted by atomic mass is 16.6. The van der Waals surface area contributed by atoms with Gasteiger partial charge in [0.1, 0.15) is 13.2 Å². The lowest BCUT2D eigenvalue weighted by molar-refractivity contribution is -0.122. The molecule has 2 aromatic rings. The van der Waals surface area contributed by atoms with E-state index in [1.165, 1.54) is 0 Å². The Balaban J connectivity index is 1.35. The van der Waals surface area contributed by atoms with Gasteiger partial charge >= 0.3 is 0 Å². The average molecular weight is 366 g/mol. The Bertz CT molecular complexity index is 909. The number of aryl methyl sites for hydroxylation is 2. The lowest BCUT2D eigenvalue weighted by Gasteiger charge is -2.19. The number of carbonyl (C=O) groups is 2. The molecule has 2 aromatic carbocycles. The summed E-state index contributed by atoms with van der Waals surface area (Å²) in [5, 5.41) is 5.80. The lowest BCUT2D eigenvalue weighted by Crippen LogP contribution is -2.21. The Labute approximate surface area is 157 Å². The van der Waals surface area contributed by atoms with Gasteiger partial charge < -0.3 is 20.1 Å². The van der Waals surface area contributed by atoms with Crippen molar-refractivity contribution < 1.29 is 19.1 Å². The molecule has 2 atom stereocenters. The first-order valence-electron chi connectivity index (χ1n) is 9.10. The van der Waals surface area contributed by atoms with Crippen molar-refractivity contribution in [3.05, 3.63) is 47.5 Å². The van der Waals surface area contributed by atoms with Crippen LogP contribution in [0.3, 0.4) is 0 Å². The number of benzene rings is 2. The third-order valence-corrected chi connectivity index (χ3v) is 4.91. The molecule has 1 heterocycles. The summed E-state index contributed by atoms with van der Waals surface area (Å²) >= 11 is 0. The van der Waals surface area contributed by atoms with Gasteiger partial charge in [0, 0.05) is 17.4 Å². The molecule has 27 heavy (non-hydrogen) atoms. The van der Waals surface area contributed by atoms with E-state index in [4.69, 9.17) is 9.47 Å². The van der Waals surface area contributed by atoms with E-state index < -0.39 is 0 Å². The van der Waals surface area contributed by atoms with Gasteiger partial charge in [-0.25, -0.2) is 0 Å². The van der Waals surface area contributed by atoms with Crippen LogP contribution in [-0.2, 0) is 9.59 Å². The standard InChI is InChI=1S/C21H22N2O4/c1-12-3-5-17(13(2)9-12)23-21(25)16-11-15(16)20(24)22-14-4-6-18-19(10-14)27-8-7-26-18/h3-6,9-10,15-16H,7-8,11H2,1-2H3,(H,22,24)(H,23,25). The summed E-state index contributed by atoms with van der Waals surface area (Å²) in [5.41, 5.74) is 3.60. The molecular weight excluding hydrogens is 344 g/mol. The fourth-order valence-electron chi connectivity index (χ4n) is 3.31. The number of nitrogens with one attached hydrogen (secondary N) is 2. The molecule has 2 N–H and O–H groups in total. The third kappa shape index (κ3) is 3.74. The highest BCUT2D eigenvalue weighted by Crippen LogP contribution is 2.41. The molecule has 140 valence electrons. The summed E-state index contributed by atoms with van der Waals surface area (Å²) < 4.78 is 11.0. The Morgan fingerprint density at radius 1 is 0.889 bits per heavy atom. The maximum Gasteiger partial charge on any atom is 0.228 e. The van der Waals surface area contributed by atoms with Gasteiger partial charge in [-0.3, -0.25) is 9.59 Å². The van der Waals surface area contributed by atoms with Gasteiger partial charge in [-0.05, 0) is 44.0 Å². The maximum atomic E-state index is 12.5. The number of carbonyl (C=O) groups excluding carboxylic acids is 2. The van der Waals surface area contributed by atoms with E-state index in [-0.39, 0.29) is 23.7 Å². The number of amides is 2. The molecule has 0 saturated heterocycles. The molecule has 2 amide bonds. The van der Waals surface area contributed by atoms with Crippen LogP contribution >= 0.6 is 0 Å². The van der Waals surface area contributed by atoms with E-state index in [0.717, 1.165) is 16.8 Å². The molecule has 0 radical (unpaired) electrons. The second-order valence-electron chi connectivity index (χ2n) is 7.10. The van der Waals surface area contributed by atoms with Crippen LogP contribution < -0.4 is 20.1 Å². The van der Waals surface area contributed by atoms with Crippen molar-refractivity contribution in [3.63, 3.8) is 0 Å². The van der Waals surface area contributed by atoms with Crippen LogP contribution in [-0.4, -0.2) is 25.0 Å². The molecule has 2 aliphatic rings. The van der Waals surface area contributed by atoms with Gasteiger partial charge in [0.15, 0.2) is 11.5 Å². The zero-order valence-corrected chi connectivity index (χ0v) is 15.4. The summed E-state index contributed by atoms with van der Waals surface area (Å²) in [4.78, 5) is 24.9. The fourth-order valence-corrected chi connectivity index (χ4v) is 3.31. The number of anilines is 2. The van der Waals surface area contributed by atoms with E-state index >= 15 is 0 Å². The lowest BCUT2D eigenvalue weighted by atomic mass is 10.1. The van der Waals surface area contributed by atoms with Crippen molar-refractivity contribution in [2.75, 3.05) is 23.8 Å². The monoisotopic (exact) mass is 366 g/mol. The minimum absolute atomic E-state index is 0.107. The largest absolute Gasteiger partial charge is 0.486 e. The molecule has 1 aliphatic carbocycles. The van der Waals surface area contributed by atoms with E-state index in [2.05, 4.69) is 10.6 Å². The van der Waals surface area contributed by atoms with Crippen LogP contribution in [0.4, 0.5) is 11.4 Å². The summed E-state index contributed by atoms with van der Waals surface area (Å²) in [6.45, 7) is 4.99. The zero-order valence-electron chi connectivity index (χ0n) is 15.4. The molecule has 0 spiro atoms. The third-order valence-electron chi connectivity index (χ3n) is 4.91. The first-order valence-corrected chi connectivity index (χ1v) is 9.10. The van der Waals surface area contributed by atoms with Crippen LogP contribution in [0, 0.1) is 25.7 Å². The van der Waals surface area contributed by atoms with Gasteiger partial charge in [0.25, 0.3) is 0 Å². The molecule has 1 saturated carbocycles. The number of hydrogen-bond acceptors (Lipinski definition) is 4. The minimum atomic E-state index is -0.302. The second kappa shape index (κ2) is 6.95. The minimum Gasteiger partial charge on any atom is -0.486 e. The predicted octanol–water partition coefficient (Wildman–Crippen LogP) is 3.29. The van der Waals surface area contributed by atoms with E-state index in [1.54, 1.807) is 18.2 Å². The first-order chi connectivity index (χ1) is 13.0. The van der Waals surface area contributed by atoms with Crippen molar-refractivity contribution in [3.8, 4) is 11.5 Å². The van der Waals surface area contributed by atoms with Crippen LogP contribution in [0.1, 0.15) is 17.5 Å². The number of rotatable bonds is 4. The van der Waals surface area contributed by atoms with Gasteiger partial charge in [-0.15, -0.1) is 0 Å². The van der Waals surface area contributed by atoms with Crippen molar-refractivity contribution >= 4 is 23.2 Å². The van der Waals surface area contributed by atoms with Crippen LogP contribution in [0.5, 0.6) is 11.5 Å². The van der Waals surface area contributed by atoms with Gasteiger partial charge in [0.05, 0.1) is 11.8 Å².